The highest BCUT2D eigenvalue weighted by Gasteiger charge is 2.10. The van der Waals surface area contributed by atoms with Crippen molar-refractivity contribution in [3.05, 3.63) is 66.7 Å². The van der Waals surface area contributed by atoms with Gasteiger partial charge in [0, 0.05) is 16.6 Å². The third kappa shape index (κ3) is 3.99. The van der Waals surface area contributed by atoms with Gasteiger partial charge in [-0.1, -0.05) is 48.2 Å². The van der Waals surface area contributed by atoms with E-state index in [2.05, 4.69) is 20.5 Å². The van der Waals surface area contributed by atoms with Crippen molar-refractivity contribution < 1.29 is 9.53 Å². The molecule has 4 rings (SSSR count). The van der Waals surface area contributed by atoms with Gasteiger partial charge in [0.25, 0.3) is 0 Å². The van der Waals surface area contributed by atoms with Crippen molar-refractivity contribution in [1.29, 1.82) is 0 Å². The highest BCUT2D eigenvalue weighted by atomic mass is 32.2. The second kappa shape index (κ2) is 8.14. The number of rotatable bonds is 6. The Hall–Kier alpha value is -3.32. The Kier molecular flexibility index (Phi) is 5.25. The highest BCUT2D eigenvalue weighted by molar-refractivity contribution is 7.99. The molecular weight excluding hydrogens is 372 g/mol. The van der Waals surface area contributed by atoms with Gasteiger partial charge in [0.2, 0.25) is 11.1 Å². The molecule has 0 spiro atoms. The maximum Gasteiger partial charge on any atom is 0.234 e. The summed E-state index contributed by atoms with van der Waals surface area (Å²) in [6.07, 6.45) is 0. The molecule has 7 heteroatoms. The number of methoxy groups -OCH3 is 1. The first-order valence-corrected chi connectivity index (χ1v) is 9.69. The number of ether oxygens (including phenoxy) is 1. The summed E-state index contributed by atoms with van der Waals surface area (Å²) in [5.74, 6) is 1.56. The molecule has 0 fully saturated rings. The molecule has 0 aliphatic rings. The second-order valence-corrected chi connectivity index (χ2v) is 7.00. The Morgan fingerprint density at radius 2 is 1.86 bits per heavy atom. The zero-order valence-electron chi connectivity index (χ0n) is 15.2. The molecule has 0 bridgehead atoms. The molecule has 0 aliphatic carbocycles. The Morgan fingerprint density at radius 3 is 2.68 bits per heavy atom. The van der Waals surface area contributed by atoms with Gasteiger partial charge in [0.15, 0.2) is 5.82 Å². The minimum absolute atomic E-state index is 0.0999. The van der Waals surface area contributed by atoms with Crippen molar-refractivity contribution in [3.63, 3.8) is 0 Å². The fraction of sp³-hybridized carbons (Fsp3) is 0.0952. The summed E-state index contributed by atoms with van der Waals surface area (Å²) in [4.78, 5) is 16.8. The number of nitrogens with one attached hydrogen (secondary N) is 2. The van der Waals surface area contributed by atoms with Crippen LogP contribution in [0.15, 0.2) is 71.9 Å². The SMILES string of the molecule is COc1ccc(-c2nc(SCC(=O)Nc3cccc4ccccc34)n[nH]2)cc1. The summed E-state index contributed by atoms with van der Waals surface area (Å²) in [5.41, 5.74) is 1.71. The third-order valence-electron chi connectivity index (χ3n) is 4.22. The summed E-state index contributed by atoms with van der Waals surface area (Å²) >= 11 is 1.29. The maximum absolute atomic E-state index is 12.4. The molecule has 0 aliphatic heterocycles. The number of hydrogen-bond acceptors (Lipinski definition) is 5. The average molecular weight is 390 g/mol. The number of benzene rings is 3. The minimum atomic E-state index is -0.0999. The Labute approximate surface area is 166 Å². The number of carbonyl (C=O) groups excluding carboxylic acids is 1. The van der Waals surface area contributed by atoms with Crippen LogP contribution in [0.1, 0.15) is 0 Å². The topological polar surface area (TPSA) is 79.9 Å². The predicted molar refractivity (Wildman–Crippen MR) is 112 cm³/mol. The Bertz CT molecular complexity index is 1100. The predicted octanol–water partition coefficient (Wildman–Crippen LogP) is 4.36. The second-order valence-electron chi connectivity index (χ2n) is 6.06. The van der Waals surface area contributed by atoms with E-state index in [1.807, 2.05) is 66.7 Å². The molecule has 6 nitrogen and oxygen atoms in total. The zero-order valence-corrected chi connectivity index (χ0v) is 16.0. The van der Waals surface area contributed by atoms with Crippen molar-refractivity contribution in [1.82, 2.24) is 15.2 Å². The molecule has 3 aromatic carbocycles. The van der Waals surface area contributed by atoms with Crippen LogP contribution in [-0.4, -0.2) is 34.0 Å². The molecule has 0 saturated carbocycles. The lowest BCUT2D eigenvalue weighted by Crippen LogP contribution is -2.14. The number of hydrogen-bond donors (Lipinski definition) is 2. The third-order valence-corrected chi connectivity index (χ3v) is 5.07. The van der Waals surface area contributed by atoms with Gasteiger partial charge >= 0.3 is 0 Å². The van der Waals surface area contributed by atoms with E-state index in [0.717, 1.165) is 27.8 Å². The molecule has 0 radical (unpaired) electrons. The van der Waals surface area contributed by atoms with Crippen molar-refractivity contribution in [2.75, 3.05) is 18.2 Å². The summed E-state index contributed by atoms with van der Waals surface area (Å²) in [6, 6.07) is 21.3. The van der Waals surface area contributed by atoms with E-state index >= 15 is 0 Å². The number of fused-ring (bicyclic) bond motifs is 1. The van der Waals surface area contributed by atoms with Gasteiger partial charge < -0.3 is 10.1 Å². The maximum atomic E-state index is 12.4. The van der Waals surface area contributed by atoms with E-state index in [9.17, 15) is 4.79 Å². The molecule has 0 saturated heterocycles. The standard InChI is InChI=1S/C21H18N4O2S/c1-27-16-11-9-15(10-12-16)20-23-21(25-24-20)28-13-19(26)22-18-8-4-6-14-5-2-3-7-17(14)18/h2-12H,13H2,1H3,(H,22,26)(H,23,24,25). The molecule has 0 atom stereocenters. The van der Waals surface area contributed by atoms with Gasteiger partial charge in [-0.25, -0.2) is 4.98 Å². The molecule has 4 aromatic rings. The summed E-state index contributed by atoms with van der Waals surface area (Å²) in [5, 5.41) is 12.7. The smallest absolute Gasteiger partial charge is 0.234 e. The van der Waals surface area contributed by atoms with Crippen molar-refractivity contribution in [3.8, 4) is 17.1 Å². The van der Waals surface area contributed by atoms with E-state index in [0.29, 0.717) is 11.0 Å². The first-order chi connectivity index (χ1) is 13.7. The molecule has 28 heavy (non-hydrogen) atoms. The first-order valence-electron chi connectivity index (χ1n) is 8.70. The first kappa shape index (κ1) is 18.1. The van der Waals surface area contributed by atoms with Crippen LogP contribution in [0.3, 0.4) is 0 Å². The molecular formula is C21H18N4O2S. The van der Waals surface area contributed by atoms with Crippen LogP contribution in [0.25, 0.3) is 22.2 Å². The fourth-order valence-corrected chi connectivity index (χ4v) is 3.44. The van der Waals surface area contributed by atoms with Gasteiger partial charge in [0.1, 0.15) is 5.75 Å². The zero-order chi connectivity index (χ0) is 19.3. The van der Waals surface area contributed by atoms with Crippen LogP contribution in [0.2, 0.25) is 0 Å². The van der Waals surface area contributed by atoms with Crippen LogP contribution in [0.4, 0.5) is 5.69 Å². The van der Waals surface area contributed by atoms with Gasteiger partial charge in [-0.15, -0.1) is 5.10 Å². The molecule has 1 amide bonds. The molecule has 0 unspecified atom stereocenters. The van der Waals surface area contributed by atoms with Crippen LogP contribution in [-0.2, 0) is 4.79 Å². The van der Waals surface area contributed by atoms with Gasteiger partial charge in [-0.05, 0) is 35.7 Å². The van der Waals surface area contributed by atoms with E-state index in [1.54, 1.807) is 7.11 Å². The van der Waals surface area contributed by atoms with E-state index in [4.69, 9.17) is 4.74 Å². The number of nitrogens with zero attached hydrogens (tertiary/aromatic N) is 2. The number of thioether (sulfide) groups is 1. The summed E-state index contributed by atoms with van der Waals surface area (Å²) in [7, 11) is 1.63. The average Bonchev–Trinajstić information content (AvgIpc) is 3.22. The molecule has 2 N–H and O–H groups in total. The molecule has 1 aromatic heterocycles. The number of aromatic nitrogens is 3. The normalized spacial score (nSPS) is 10.8. The van der Waals surface area contributed by atoms with Gasteiger partial charge in [-0.2, -0.15) is 0 Å². The lowest BCUT2D eigenvalue weighted by Gasteiger charge is -2.08. The number of aromatic amines is 1. The number of amides is 1. The van der Waals surface area contributed by atoms with Crippen molar-refractivity contribution in [2.24, 2.45) is 0 Å². The quantitative estimate of drug-likeness (QED) is 0.478. The van der Waals surface area contributed by atoms with Gasteiger partial charge in [-0.3, -0.25) is 9.89 Å². The van der Waals surface area contributed by atoms with E-state index in [-0.39, 0.29) is 11.7 Å². The van der Waals surface area contributed by atoms with Crippen LogP contribution in [0, 0.1) is 0 Å². The lowest BCUT2D eigenvalue weighted by molar-refractivity contribution is -0.113. The summed E-state index contributed by atoms with van der Waals surface area (Å²) < 4.78 is 5.16. The van der Waals surface area contributed by atoms with Crippen molar-refractivity contribution >= 4 is 34.1 Å². The van der Waals surface area contributed by atoms with Crippen LogP contribution >= 0.6 is 11.8 Å². The molecule has 1 heterocycles. The Balaban J connectivity index is 1.39. The van der Waals surface area contributed by atoms with Gasteiger partial charge in [0.05, 0.1) is 12.9 Å². The minimum Gasteiger partial charge on any atom is -0.497 e. The largest absolute Gasteiger partial charge is 0.497 e. The fourth-order valence-electron chi connectivity index (χ4n) is 2.84. The number of anilines is 1. The molecule has 140 valence electrons. The number of carbonyl (C=O) groups is 1. The van der Waals surface area contributed by atoms with Crippen LogP contribution < -0.4 is 10.1 Å². The van der Waals surface area contributed by atoms with E-state index < -0.39 is 0 Å². The van der Waals surface area contributed by atoms with Crippen molar-refractivity contribution in [2.45, 2.75) is 5.16 Å². The summed E-state index contributed by atoms with van der Waals surface area (Å²) in [6.45, 7) is 0. The van der Waals surface area contributed by atoms with Crippen LogP contribution in [0.5, 0.6) is 5.75 Å². The lowest BCUT2D eigenvalue weighted by atomic mass is 10.1. The van der Waals surface area contributed by atoms with E-state index in [1.165, 1.54) is 11.8 Å². The monoisotopic (exact) mass is 390 g/mol. The number of H-pyrrole nitrogens is 1. The Morgan fingerprint density at radius 1 is 1.07 bits per heavy atom. The highest BCUT2D eigenvalue weighted by Crippen LogP contribution is 2.24.